The van der Waals surface area contributed by atoms with Crippen molar-refractivity contribution in [2.75, 3.05) is 79.8 Å². The molecule has 0 bridgehead atoms. The maximum Gasteiger partial charge on any atom is 0.254 e. The Hall–Kier alpha value is -5.80. The Balaban J connectivity index is 0.685. The fraction of sp³-hybridized carbons (Fsp3) is 0.549. The molecule has 0 spiro atoms. The molecule has 2 aliphatic heterocycles. The second-order valence-corrected chi connectivity index (χ2v) is 19.8. The minimum atomic E-state index is -0.387. The third kappa shape index (κ3) is 11.1. The first-order valence-corrected chi connectivity index (χ1v) is 24.6. The monoisotopic (exact) mass is 964 g/mol. The number of ether oxygens (including phenoxy) is 5. The van der Waals surface area contributed by atoms with E-state index in [-0.39, 0.29) is 46.9 Å². The number of amides is 2. The lowest BCUT2D eigenvalue weighted by atomic mass is 9.49. The van der Waals surface area contributed by atoms with Gasteiger partial charge in [0, 0.05) is 73.3 Å². The summed E-state index contributed by atoms with van der Waals surface area (Å²) < 4.78 is 29.9. The predicted molar refractivity (Wildman–Crippen MR) is 264 cm³/mol. The van der Waals surface area contributed by atoms with E-state index in [0.29, 0.717) is 85.2 Å². The van der Waals surface area contributed by atoms with Crippen molar-refractivity contribution in [3.63, 3.8) is 0 Å². The van der Waals surface area contributed by atoms with Gasteiger partial charge in [0.2, 0.25) is 17.8 Å². The van der Waals surface area contributed by atoms with E-state index >= 15 is 0 Å². The van der Waals surface area contributed by atoms with E-state index in [1.165, 1.54) is 12.8 Å². The van der Waals surface area contributed by atoms with Gasteiger partial charge in [-0.2, -0.15) is 10.2 Å². The highest BCUT2D eigenvalue weighted by Crippen LogP contribution is 2.55. The van der Waals surface area contributed by atoms with Gasteiger partial charge in [-0.15, -0.1) is 0 Å². The number of hydrogen-bond donors (Lipinski definition) is 2. The zero-order chi connectivity index (χ0) is 48.7. The Bertz CT molecular complexity index is 2440. The number of carbonyl (C=O) groups is 2. The van der Waals surface area contributed by atoms with Gasteiger partial charge in [0.25, 0.3) is 5.91 Å². The van der Waals surface area contributed by atoms with Gasteiger partial charge in [-0.05, 0) is 56.4 Å². The number of fused-ring (bicyclic) bond motifs is 1. The van der Waals surface area contributed by atoms with Crippen LogP contribution in [0.15, 0.2) is 61.1 Å². The molecule has 4 aliphatic rings. The van der Waals surface area contributed by atoms with Gasteiger partial charge in [-0.3, -0.25) is 9.59 Å². The van der Waals surface area contributed by atoms with E-state index in [1.807, 2.05) is 24.3 Å². The molecule has 2 saturated carbocycles. The average Bonchev–Trinajstić information content (AvgIpc) is 3.89. The second kappa shape index (κ2) is 21.9. The van der Waals surface area contributed by atoms with Gasteiger partial charge in [-0.1, -0.05) is 65.1 Å². The Labute approximate surface area is 410 Å². The lowest BCUT2D eigenvalue weighted by molar-refractivity contribution is -0.164. The van der Waals surface area contributed by atoms with Crippen LogP contribution in [0.3, 0.4) is 0 Å². The molecule has 17 nitrogen and oxygen atoms in total. The molecule has 1 atom stereocenters. The first kappa shape index (κ1) is 49.6. The van der Waals surface area contributed by atoms with E-state index in [4.69, 9.17) is 40.3 Å². The Morgan fingerprint density at radius 3 is 2.26 bits per heavy atom. The fourth-order valence-electron chi connectivity index (χ4n) is 10.7. The molecule has 2 aliphatic carbocycles. The summed E-state index contributed by atoms with van der Waals surface area (Å²) in [6.45, 7) is 14.5. The summed E-state index contributed by atoms with van der Waals surface area (Å²) in [5, 5.41) is 16.1. The number of likely N-dealkylation sites (N-methyl/N-ethyl adjacent to an activating group) is 1. The largest absolute Gasteiger partial charge is 0.491 e. The number of aromatic nitrogens is 4. The first-order valence-electron chi connectivity index (χ1n) is 24.2. The molecular formula is C51H65ClN10O7. The average molecular weight is 966 g/mol. The molecule has 3 fully saturated rings. The lowest BCUT2D eigenvalue weighted by Crippen LogP contribution is -2.74. The Kier molecular flexibility index (Phi) is 15.7. The highest BCUT2D eigenvalue weighted by atomic mass is 35.5. The molecule has 69 heavy (non-hydrogen) atoms. The van der Waals surface area contributed by atoms with E-state index in [9.17, 15) is 14.9 Å². The molecule has 2 aromatic carbocycles. The van der Waals surface area contributed by atoms with Crippen LogP contribution in [-0.2, 0) is 19.0 Å². The van der Waals surface area contributed by atoms with Crippen molar-refractivity contribution >= 4 is 52.5 Å². The van der Waals surface area contributed by atoms with Gasteiger partial charge < -0.3 is 49.0 Å². The van der Waals surface area contributed by atoms with Crippen molar-refractivity contribution in [2.24, 2.45) is 10.8 Å². The Morgan fingerprint density at radius 1 is 0.884 bits per heavy atom. The standard InChI is InChI=1S/C51H65ClN10O7/c1-7-41-45(64)60(6)42-32-54-48(58-43(42)62(41)36-12-8-9-13-36)57-35-11-10-14-38(27-35)68-26-24-66-22-21-65-23-25-67-37-17-19-61(20-18-37)49-55-30-34(31-56-49)44(63)59-46-50(2,3)47(51(46,4)5)69-39-16-15-33(29-53)40(52)28-39/h10-11,14-16,27-28,30-32,36-37,41,46-47H,7-9,12-13,17-26H2,1-6H3,(H,59,63)(H,54,57,58)/t41-,46?,47?/m1/s1. The van der Waals surface area contributed by atoms with Crippen molar-refractivity contribution in [2.45, 2.75) is 110 Å². The SMILES string of the molecule is CC[C@@H]1C(=O)N(C)c2cnc(Nc3cccc(OCCOCCOCCOC4CCN(c5ncc(C(=O)NC6C(C)(C)C(Oc7ccc(C#N)c(Cl)c7)C6(C)C)cn5)CC4)c3)nc2N1C1CCCC1. The molecular weight excluding hydrogens is 900 g/mol. The van der Waals surface area contributed by atoms with E-state index < -0.39 is 0 Å². The smallest absolute Gasteiger partial charge is 0.254 e. The highest BCUT2D eigenvalue weighted by molar-refractivity contribution is 6.31. The number of hydrogen-bond acceptors (Lipinski definition) is 15. The van der Waals surface area contributed by atoms with Crippen molar-refractivity contribution < 1.29 is 33.3 Å². The lowest BCUT2D eigenvalue weighted by Gasteiger charge is -2.63. The summed E-state index contributed by atoms with van der Waals surface area (Å²) in [7, 11) is 1.81. The summed E-state index contributed by atoms with van der Waals surface area (Å²) in [5.41, 5.74) is 1.55. The van der Waals surface area contributed by atoms with Crippen LogP contribution in [0.5, 0.6) is 11.5 Å². The minimum Gasteiger partial charge on any atom is -0.491 e. The van der Waals surface area contributed by atoms with Gasteiger partial charge in [0.1, 0.15) is 42.0 Å². The van der Waals surface area contributed by atoms with Crippen LogP contribution in [0.2, 0.25) is 5.02 Å². The topological polar surface area (TPSA) is 189 Å². The normalized spacial score (nSPS) is 21.0. The van der Waals surface area contributed by atoms with E-state index in [1.54, 1.807) is 48.7 Å². The van der Waals surface area contributed by atoms with Gasteiger partial charge in [0.05, 0.1) is 61.5 Å². The summed E-state index contributed by atoms with van der Waals surface area (Å²) >= 11 is 6.25. The van der Waals surface area contributed by atoms with E-state index in [2.05, 4.69) is 76.1 Å². The fourth-order valence-corrected chi connectivity index (χ4v) is 10.9. The molecule has 2 aromatic heterocycles. The van der Waals surface area contributed by atoms with Crippen LogP contribution < -0.4 is 34.8 Å². The van der Waals surface area contributed by atoms with Crippen molar-refractivity contribution in [1.29, 1.82) is 5.26 Å². The maximum absolute atomic E-state index is 13.4. The number of halogens is 1. The van der Waals surface area contributed by atoms with E-state index in [0.717, 1.165) is 62.4 Å². The molecule has 0 radical (unpaired) electrons. The maximum atomic E-state index is 13.4. The third-order valence-corrected chi connectivity index (χ3v) is 14.3. The predicted octanol–water partition coefficient (Wildman–Crippen LogP) is 7.75. The minimum absolute atomic E-state index is 0.0934. The number of nitriles is 1. The number of nitrogens with zero attached hydrogens (tertiary/aromatic N) is 8. The number of rotatable bonds is 20. The third-order valence-electron chi connectivity index (χ3n) is 14.0. The summed E-state index contributed by atoms with van der Waals surface area (Å²) in [6, 6.07) is 14.7. The first-order chi connectivity index (χ1) is 33.3. The van der Waals surface area contributed by atoms with Gasteiger partial charge in [0.15, 0.2) is 5.82 Å². The summed E-state index contributed by atoms with van der Waals surface area (Å²) in [5.74, 6) is 3.00. The molecule has 8 rings (SSSR count). The number of carbonyl (C=O) groups excluding carboxylic acids is 2. The second-order valence-electron chi connectivity index (χ2n) is 19.4. The van der Waals surface area contributed by atoms with Crippen LogP contribution in [-0.4, -0.2) is 122 Å². The van der Waals surface area contributed by atoms with Crippen molar-refractivity contribution in [1.82, 2.24) is 25.3 Å². The molecule has 368 valence electrons. The molecule has 2 N–H and O–H groups in total. The highest BCUT2D eigenvalue weighted by Gasteiger charge is 2.64. The molecule has 0 unspecified atom stereocenters. The van der Waals surface area contributed by atoms with Gasteiger partial charge >= 0.3 is 0 Å². The van der Waals surface area contributed by atoms with Gasteiger partial charge in [-0.25, -0.2) is 15.0 Å². The van der Waals surface area contributed by atoms with Crippen LogP contribution in [0, 0.1) is 22.2 Å². The summed E-state index contributed by atoms with van der Waals surface area (Å²) in [6.07, 6.45) is 11.7. The number of anilines is 5. The zero-order valence-corrected chi connectivity index (χ0v) is 41.3. The van der Waals surface area contributed by atoms with Crippen LogP contribution in [0.1, 0.15) is 95.5 Å². The summed E-state index contributed by atoms with van der Waals surface area (Å²) in [4.78, 5) is 51.3. The Morgan fingerprint density at radius 2 is 1.58 bits per heavy atom. The number of nitrogens with one attached hydrogen (secondary N) is 2. The van der Waals surface area contributed by atoms with Crippen LogP contribution >= 0.6 is 11.6 Å². The van der Waals surface area contributed by atoms with Crippen molar-refractivity contribution in [3.8, 4) is 17.6 Å². The quantitative estimate of drug-likeness (QED) is 0.0818. The number of piperidine rings is 1. The molecule has 4 aromatic rings. The molecule has 18 heteroatoms. The molecule has 2 amide bonds. The van der Waals surface area contributed by atoms with Crippen LogP contribution in [0.25, 0.3) is 0 Å². The molecule has 4 heterocycles. The zero-order valence-electron chi connectivity index (χ0n) is 40.6. The van der Waals surface area contributed by atoms with Crippen molar-refractivity contribution in [3.05, 3.63) is 77.2 Å². The molecule has 1 saturated heterocycles. The number of benzene rings is 2. The van der Waals surface area contributed by atoms with Crippen LogP contribution in [0.4, 0.5) is 29.1 Å².